The van der Waals surface area contributed by atoms with E-state index >= 15 is 0 Å². The highest BCUT2D eigenvalue weighted by Crippen LogP contribution is 2.20. The zero-order valence-corrected chi connectivity index (χ0v) is 12.8. The molecule has 0 heteroatoms. The average Bonchev–Trinajstić information content (AvgIpc) is 2.49. The summed E-state index contributed by atoms with van der Waals surface area (Å²) in [5.41, 5.74) is 4.08. The van der Waals surface area contributed by atoms with Crippen LogP contribution in [-0.2, 0) is 6.42 Å². The zero-order valence-electron chi connectivity index (χ0n) is 12.8. The second-order valence-electron chi connectivity index (χ2n) is 5.85. The van der Waals surface area contributed by atoms with Crippen LogP contribution in [0, 0.1) is 5.92 Å². The van der Waals surface area contributed by atoms with Gasteiger partial charge in [0.1, 0.15) is 0 Å². The van der Waals surface area contributed by atoms with Crippen molar-refractivity contribution in [2.45, 2.75) is 46.0 Å². The van der Waals surface area contributed by atoms with Gasteiger partial charge in [-0.05, 0) is 35.4 Å². The smallest absolute Gasteiger partial charge is 0.0184 e. The van der Waals surface area contributed by atoms with Gasteiger partial charge < -0.3 is 0 Å². The molecular weight excluding hydrogens is 240 g/mol. The fourth-order valence-corrected chi connectivity index (χ4v) is 2.79. The minimum atomic E-state index is 0.878. The maximum absolute atomic E-state index is 2.38. The number of benzene rings is 2. The van der Waals surface area contributed by atoms with Crippen molar-refractivity contribution in [3.8, 4) is 11.1 Å². The zero-order chi connectivity index (χ0) is 14.2. The Morgan fingerprint density at radius 2 is 1.45 bits per heavy atom. The van der Waals surface area contributed by atoms with E-state index in [1.807, 2.05) is 0 Å². The van der Waals surface area contributed by atoms with E-state index in [2.05, 4.69) is 68.4 Å². The van der Waals surface area contributed by atoms with E-state index in [9.17, 15) is 0 Å². The van der Waals surface area contributed by atoms with Crippen LogP contribution in [0.4, 0.5) is 0 Å². The first-order chi connectivity index (χ1) is 9.79. The van der Waals surface area contributed by atoms with Gasteiger partial charge in [0.15, 0.2) is 0 Å². The van der Waals surface area contributed by atoms with Crippen LogP contribution in [-0.4, -0.2) is 0 Å². The van der Waals surface area contributed by atoms with Gasteiger partial charge in [-0.15, -0.1) is 0 Å². The highest BCUT2D eigenvalue weighted by molar-refractivity contribution is 5.63. The van der Waals surface area contributed by atoms with E-state index in [0.29, 0.717) is 0 Å². The van der Waals surface area contributed by atoms with Gasteiger partial charge in [0.05, 0.1) is 0 Å². The fraction of sp³-hybridized carbons (Fsp3) is 0.400. The lowest BCUT2D eigenvalue weighted by atomic mass is 9.96. The monoisotopic (exact) mass is 266 g/mol. The summed E-state index contributed by atoms with van der Waals surface area (Å²) in [5, 5.41) is 0. The summed E-state index contributed by atoms with van der Waals surface area (Å²) in [6.07, 6.45) is 6.56. The minimum absolute atomic E-state index is 0.878. The normalized spacial score (nSPS) is 12.3. The topological polar surface area (TPSA) is 0 Å². The molecule has 2 aromatic rings. The molecule has 20 heavy (non-hydrogen) atoms. The third-order valence-electron chi connectivity index (χ3n) is 4.00. The molecule has 0 aromatic heterocycles. The third-order valence-corrected chi connectivity index (χ3v) is 4.00. The van der Waals surface area contributed by atoms with Crippen LogP contribution in [0.15, 0.2) is 54.6 Å². The van der Waals surface area contributed by atoms with Gasteiger partial charge in [-0.25, -0.2) is 0 Å². The Kier molecular flexibility index (Phi) is 5.86. The van der Waals surface area contributed by atoms with E-state index in [0.717, 1.165) is 5.92 Å². The number of aryl methyl sites for hydroxylation is 1. The number of hydrogen-bond acceptors (Lipinski definition) is 0. The lowest BCUT2D eigenvalue weighted by Crippen LogP contribution is -1.95. The van der Waals surface area contributed by atoms with Crippen molar-refractivity contribution >= 4 is 0 Å². The van der Waals surface area contributed by atoms with Gasteiger partial charge >= 0.3 is 0 Å². The molecule has 0 bridgehead atoms. The van der Waals surface area contributed by atoms with Crippen molar-refractivity contribution in [2.24, 2.45) is 5.92 Å². The van der Waals surface area contributed by atoms with E-state index < -0.39 is 0 Å². The standard InChI is InChI=1S/C20H26/c1-3-8-17(2)9-7-10-18-13-15-20(16-14-18)19-11-5-4-6-12-19/h4-6,11-17H,3,7-10H2,1-2H3. The molecule has 0 amide bonds. The summed E-state index contributed by atoms with van der Waals surface area (Å²) in [6.45, 7) is 4.65. The van der Waals surface area contributed by atoms with E-state index in [1.54, 1.807) is 0 Å². The van der Waals surface area contributed by atoms with Gasteiger partial charge in [-0.3, -0.25) is 0 Å². The van der Waals surface area contributed by atoms with Crippen LogP contribution in [0.3, 0.4) is 0 Å². The molecule has 0 spiro atoms. The maximum Gasteiger partial charge on any atom is -0.0184 e. The van der Waals surface area contributed by atoms with Crippen LogP contribution >= 0.6 is 0 Å². The van der Waals surface area contributed by atoms with Gasteiger partial charge in [-0.1, -0.05) is 87.7 Å². The van der Waals surface area contributed by atoms with Crippen molar-refractivity contribution in [3.05, 3.63) is 60.2 Å². The van der Waals surface area contributed by atoms with Crippen LogP contribution in [0.2, 0.25) is 0 Å². The molecular formula is C20H26. The molecule has 0 saturated heterocycles. The quantitative estimate of drug-likeness (QED) is 0.567. The highest BCUT2D eigenvalue weighted by Gasteiger charge is 2.02. The number of hydrogen-bond donors (Lipinski definition) is 0. The molecule has 0 aliphatic rings. The first-order valence-corrected chi connectivity index (χ1v) is 7.94. The minimum Gasteiger partial charge on any atom is -0.0654 e. The lowest BCUT2D eigenvalue weighted by Gasteiger charge is -2.09. The molecule has 0 aliphatic heterocycles. The summed E-state index contributed by atoms with van der Waals surface area (Å²) in [7, 11) is 0. The first-order valence-electron chi connectivity index (χ1n) is 7.94. The molecule has 106 valence electrons. The Morgan fingerprint density at radius 1 is 0.800 bits per heavy atom. The van der Waals surface area contributed by atoms with Crippen molar-refractivity contribution < 1.29 is 0 Å². The average molecular weight is 266 g/mol. The molecule has 1 unspecified atom stereocenters. The van der Waals surface area contributed by atoms with Crippen molar-refractivity contribution in [1.29, 1.82) is 0 Å². The molecule has 0 heterocycles. The third kappa shape index (κ3) is 4.52. The highest BCUT2D eigenvalue weighted by atomic mass is 14.1. The van der Waals surface area contributed by atoms with E-state index in [4.69, 9.17) is 0 Å². The van der Waals surface area contributed by atoms with Gasteiger partial charge in [0.25, 0.3) is 0 Å². The number of rotatable bonds is 7. The summed E-state index contributed by atoms with van der Waals surface area (Å²) in [6, 6.07) is 19.7. The maximum atomic E-state index is 2.38. The van der Waals surface area contributed by atoms with Crippen molar-refractivity contribution in [3.63, 3.8) is 0 Å². The van der Waals surface area contributed by atoms with Gasteiger partial charge in [0.2, 0.25) is 0 Å². The predicted molar refractivity (Wildman–Crippen MR) is 88.9 cm³/mol. The molecule has 2 rings (SSSR count). The molecule has 0 fully saturated rings. The van der Waals surface area contributed by atoms with Crippen LogP contribution in [0.5, 0.6) is 0 Å². The summed E-state index contributed by atoms with van der Waals surface area (Å²) >= 11 is 0. The Bertz CT molecular complexity index is 481. The molecule has 1 atom stereocenters. The molecule has 0 N–H and O–H groups in total. The van der Waals surface area contributed by atoms with Crippen LogP contribution < -0.4 is 0 Å². The van der Waals surface area contributed by atoms with E-state index in [1.165, 1.54) is 48.8 Å². The second-order valence-corrected chi connectivity index (χ2v) is 5.85. The Hall–Kier alpha value is -1.56. The van der Waals surface area contributed by atoms with Crippen LogP contribution in [0.1, 0.15) is 45.1 Å². The van der Waals surface area contributed by atoms with Crippen molar-refractivity contribution in [1.82, 2.24) is 0 Å². The summed E-state index contributed by atoms with van der Waals surface area (Å²) in [4.78, 5) is 0. The Balaban J connectivity index is 1.86. The molecule has 2 aromatic carbocycles. The molecule has 0 saturated carbocycles. The molecule has 0 radical (unpaired) electrons. The lowest BCUT2D eigenvalue weighted by molar-refractivity contribution is 0.469. The Morgan fingerprint density at radius 3 is 2.10 bits per heavy atom. The largest absolute Gasteiger partial charge is 0.0654 e. The van der Waals surface area contributed by atoms with Gasteiger partial charge in [-0.2, -0.15) is 0 Å². The SMILES string of the molecule is CCCC(C)CCCc1ccc(-c2ccccc2)cc1. The van der Waals surface area contributed by atoms with Gasteiger partial charge in [0, 0.05) is 0 Å². The summed E-state index contributed by atoms with van der Waals surface area (Å²) < 4.78 is 0. The second kappa shape index (κ2) is 7.89. The fourth-order valence-electron chi connectivity index (χ4n) is 2.79. The summed E-state index contributed by atoms with van der Waals surface area (Å²) in [5.74, 6) is 0.878. The predicted octanol–water partition coefficient (Wildman–Crippen LogP) is 6.11. The van der Waals surface area contributed by atoms with Crippen LogP contribution in [0.25, 0.3) is 11.1 Å². The molecule has 0 nitrogen and oxygen atoms in total. The van der Waals surface area contributed by atoms with E-state index in [-0.39, 0.29) is 0 Å². The van der Waals surface area contributed by atoms with Crippen molar-refractivity contribution in [2.75, 3.05) is 0 Å². The Labute approximate surface area is 123 Å². The first kappa shape index (κ1) is 14.8. The molecule has 0 aliphatic carbocycles.